The Hall–Kier alpha value is -3.27. The predicted molar refractivity (Wildman–Crippen MR) is 123 cm³/mol. The van der Waals surface area contributed by atoms with Gasteiger partial charge in [-0.25, -0.2) is 4.98 Å². The molecule has 0 spiro atoms. The van der Waals surface area contributed by atoms with Crippen LogP contribution >= 0.6 is 11.3 Å². The zero-order chi connectivity index (χ0) is 22.8. The van der Waals surface area contributed by atoms with E-state index in [1.807, 2.05) is 6.92 Å². The van der Waals surface area contributed by atoms with E-state index in [0.29, 0.717) is 18.2 Å². The summed E-state index contributed by atoms with van der Waals surface area (Å²) in [5.74, 6) is 1.03. The smallest absolute Gasteiger partial charge is 0.283 e. The van der Waals surface area contributed by atoms with Crippen LogP contribution in [0.15, 0.2) is 38.4 Å². The van der Waals surface area contributed by atoms with Crippen molar-refractivity contribution < 1.29 is 13.6 Å². The molecule has 0 atom stereocenters. The number of nitrogens with zero attached hydrogens (tertiary/aromatic N) is 5. The van der Waals surface area contributed by atoms with Crippen LogP contribution in [0.3, 0.4) is 0 Å². The van der Waals surface area contributed by atoms with Gasteiger partial charge in [0, 0.05) is 24.4 Å². The van der Waals surface area contributed by atoms with Crippen LogP contribution in [-0.4, -0.2) is 37.1 Å². The Bertz CT molecular complexity index is 1320. The monoisotopic (exact) mass is 467 g/mol. The van der Waals surface area contributed by atoms with Gasteiger partial charge in [0.25, 0.3) is 11.4 Å². The molecule has 1 aliphatic carbocycles. The van der Waals surface area contributed by atoms with E-state index in [4.69, 9.17) is 8.83 Å². The third kappa shape index (κ3) is 4.35. The fourth-order valence-corrected chi connectivity index (χ4v) is 5.48. The molecular formula is C23H25N5O4S. The van der Waals surface area contributed by atoms with E-state index in [0.717, 1.165) is 41.5 Å². The maximum absolute atomic E-state index is 13.1. The van der Waals surface area contributed by atoms with E-state index in [9.17, 15) is 9.59 Å². The molecule has 0 bridgehead atoms. The molecule has 0 unspecified atom stereocenters. The number of furan rings is 1. The fourth-order valence-electron chi connectivity index (χ4n) is 4.26. The summed E-state index contributed by atoms with van der Waals surface area (Å²) < 4.78 is 12.5. The predicted octanol–water partition coefficient (Wildman–Crippen LogP) is 3.81. The molecule has 1 amide bonds. The molecule has 0 N–H and O–H groups in total. The average molecular weight is 468 g/mol. The van der Waals surface area contributed by atoms with Gasteiger partial charge in [0.2, 0.25) is 11.8 Å². The number of carbonyl (C=O) groups excluding carboxylic acids is 1. The molecule has 4 aromatic heterocycles. The number of hydrogen-bond donors (Lipinski definition) is 0. The molecule has 9 nitrogen and oxygen atoms in total. The summed E-state index contributed by atoms with van der Waals surface area (Å²) in [4.78, 5) is 34.4. The number of amides is 1. The van der Waals surface area contributed by atoms with Gasteiger partial charge in [-0.05, 0) is 49.8 Å². The second kappa shape index (κ2) is 9.30. The highest BCUT2D eigenvalue weighted by atomic mass is 32.1. The van der Waals surface area contributed by atoms with Crippen molar-refractivity contribution in [2.24, 2.45) is 0 Å². The quantitative estimate of drug-likeness (QED) is 0.388. The van der Waals surface area contributed by atoms with Crippen molar-refractivity contribution >= 4 is 27.5 Å². The topological polar surface area (TPSA) is 107 Å². The Kier molecular flexibility index (Phi) is 6.08. The average Bonchev–Trinajstić information content (AvgIpc) is 3.57. The van der Waals surface area contributed by atoms with Gasteiger partial charge in [0.05, 0.1) is 24.5 Å². The van der Waals surface area contributed by atoms with Crippen LogP contribution in [0, 0.1) is 0 Å². The first-order valence-electron chi connectivity index (χ1n) is 11.3. The van der Waals surface area contributed by atoms with E-state index >= 15 is 0 Å². The number of aromatic nitrogens is 4. The maximum Gasteiger partial charge on any atom is 0.283 e. The van der Waals surface area contributed by atoms with E-state index < -0.39 is 0 Å². The maximum atomic E-state index is 13.1. The molecule has 4 heterocycles. The van der Waals surface area contributed by atoms with Gasteiger partial charge in [-0.3, -0.25) is 14.2 Å². The Balaban J connectivity index is 1.29. The van der Waals surface area contributed by atoms with Crippen molar-refractivity contribution in [3.8, 4) is 11.7 Å². The molecular weight excluding hydrogens is 442 g/mol. The Morgan fingerprint density at radius 1 is 1.27 bits per heavy atom. The number of hydrogen-bond acceptors (Lipinski definition) is 8. The van der Waals surface area contributed by atoms with Gasteiger partial charge >= 0.3 is 0 Å². The number of rotatable bonds is 8. The zero-order valence-electron chi connectivity index (χ0n) is 18.5. The lowest BCUT2D eigenvalue weighted by molar-refractivity contribution is -0.132. The van der Waals surface area contributed by atoms with Crippen LogP contribution in [0.1, 0.15) is 48.9 Å². The van der Waals surface area contributed by atoms with Gasteiger partial charge < -0.3 is 13.7 Å². The van der Waals surface area contributed by atoms with Crippen LogP contribution in [0.2, 0.25) is 0 Å². The Morgan fingerprint density at radius 3 is 2.97 bits per heavy atom. The fraction of sp³-hybridized carbons (Fsp3) is 0.435. The minimum Gasteiger partial charge on any atom is -0.459 e. The molecule has 172 valence electrons. The third-order valence-electron chi connectivity index (χ3n) is 5.88. The molecule has 10 heteroatoms. The molecule has 0 fully saturated rings. The van der Waals surface area contributed by atoms with E-state index in [-0.39, 0.29) is 36.9 Å². The van der Waals surface area contributed by atoms with Crippen LogP contribution in [0.5, 0.6) is 0 Å². The standard InChI is InChI=1S/C23H25N5O4S/c1-2-10-27(13-18-25-26-21(32-18)16-7-5-12-31-16)19(29)9-11-28-14-24-22-20(23(28)30)15-6-3-4-8-17(15)33-22/h5,7,12,14H,2-4,6,8-11,13H2,1H3. The molecule has 0 saturated carbocycles. The van der Waals surface area contributed by atoms with Crippen LogP contribution < -0.4 is 5.56 Å². The second-order valence-corrected chi connectivity index (χ2v) is 9.26. The summed E-state index contributed by atoms with van der Waals surface area (Å²) in [5, 5.41) is 8.78. The number of carbonyl (C=O) groups is 1. The van der Waals surface area contributed by atoms with Gasteiger partial charge in [-0.15, -0.1) is 21.5 Å². The van der Waals surface area contributed by atoms with E-state index in [2.05, 4.69) is 15.2 Å². The van der Waals surface area contributed by atoms with Crippen molar-refractivity contribution in [1.82, 2.24) is 24.6 Å². The number of fused-ring (bicyclic) bond motifs is 3. The highest BCUT2D eigenvalue weighted by molar-refractivity contribution is 7.18. The molecule has 5 rings (SSSR count). The van der Waals surface area contributed by atoms with E-state index in [1.54, 1.807) is 39.3 Å². The summed E-state index contributed by atoms with van der Waals surface area (Å²) in [6.07, 6.45) is 8.32. The molecule has 0 aliphatic heterocycles. The van der Waals surface area contributed by atoms with Gasteiger partial charge in [0.1, 0.15) is 4.83 Å². The highest BCUT2D eigenvalue weighted by Gasteiger charge is 2.21. The van der Waals surface area contributed by atoms with Gasteiger partial charge in [-0.1, -0.05) is 6.92 Å². The Morgan fingerprint density at radius 2 is 2.15 bits per heavy atom. The Labute approximate surface area is 194 Å². The first-order chi connectivity index (χ1) is 16.1. The molecule has 4 aromatic rings. The SMILES string of the molecule is CCCN(Cc1nnc(-c2ccco2)o1)C(=O)CCn1cnc2sc3c(c2c1=O)CCCC3. The van der Waals surface area contributed by atoms with Crippen LogP contribution in [0.4, 0.5) is 0 Å². The molecule has 0 radical (unpaired) electrons. The minimum absolute atomic E-state index is 0.0470. The first-order valence-corrected chi connectivity index (χ1v) is 12.1. The zero-order valence-corrected chi connectivity index (χ0v) is 19.3. The lowest BCUT2D eigenvalue weighted by Gasteiger charge is -2.20. The van der Waals surface area contributed by atoms with E-state index in [1.165, 1.54) is 17.6 Å². The largest absolute Gasteiger partial charge is 0.459 e. The molecule has 33 heavy (non-hydrogen) atoms. The minimum atomic E-state index is -0.0751. The normalized spacial score (nSPS) is 13.4. The van der Waals surface area contributed by atoms with Gasteiger partial charge in [-0.2, -0.15) is 0 Å². The highest BCUT2D eigenvalue weighted by Crippen LogP contribution is 2.33. The summed E-state index contributed by atoms with van der Waals surface area (Å²) in [5.41, 5.74) is 1.12. The summed E-state index contributed by atoms with van der Waals surface area (Å²) in [7, 11) is 0. The number of thiophene rings is 1. The molecule has 0 saturated heterocycles. The summed E-state index contributed by atoms with van der Waals surface area (Å²) >= 11 is 1.63. The molecule has 0 aromatic carbocycles. The lowest BCUT2D eigenvalue weighted by Crippen LogP contribution is -2.33. The lowest BCUT2D eigenvalue weighted by atomic mass is 9.97. The summed E-state index contributed by atoms with van der Waals surface area (Å²) in [6.45, 7) is 3.06. The van der Waals surface area contributed by atoms with Gasteiger partial charge in [0.15, 0.2) is 5.76 Å². The van der Waals surface area contributed by atoms with Crippen molar-refractivity contribution in [2.75, 3.05) is 6.54 Å². The second-order valence-electron chi connectivity index (χ2n) is 8.18. The van der Waals surface area contributed by atoms with Crippen molar-refractivity contribution in [2.45, 2.75) is 58.5 Å². The molecule has 1 aliphatic rings. The first kappa shape index (κ1) is 21.6. The van der Waals surface area contributed by atoms with Crippen molar-refractivity contribution in [1.29, 1.82) is 0 Å². The van der Waals surface area contributed by atoms with Crippen molar-refractivity contribution in [3.05, 3.63) is 51.4 Å². The van der Waals surface area contributed by atoms with Crippen LogP contribution in [0.25, 0.3) is 21.9 Å². The number of aryl methyl sites for hydroxylation is 3. The third-order valence-corrected chi connectivity index (χ3v) is 7.08. The summed E-state index contributed by atoms with van der Waals surface area (Å²) in [6, 6.07) is 3.48. The van der Waals surface area contributed by atoms with Crippen molar-refractivity contribution in [3.63, 3.8) is 0 Å². The van der Waals surface area contributed by atoms with Crippen LogP contribution in [-0.2, 0) is 30.7 Å².